The number of hydrogen-bond acceptors (Lipinski definition) is 4. The zero-order valence-corrected chi connectivity index (χ0v) is 14.8. The third-order valence-electron chi connectivity index (χ3n) is 6.19. The fourth-order valence-corrected chi connectivity index (χ4v) is 5.89. The van der Waals surface area contributed by atoms with Crippen molar-refractivity contribution in [3.05, 3.63) is 18.3 Å². The van der Waals surface area contributed by atoms with Gasteiger partial charge in [0.1, 0.15) is 0 Å². The van der Waals surface area contributed by atoms with Gasteiger partial charge in [-0.3, -0.25) is 9.59 Å². The Labute approximate surface area is 147 Å². The van der Waals surface area contributed by atoms with Crippen LogP contribution in [-0.2, 0) is 9.59 Å². The fourth-order valence-electron chi connectivity index (χ4n) is 5.89. The van der Waals surface area contributed by atoms with Gasteiger partial charge in [-0.25, -0.2) is 4.98 Å². The monoisotopic (exact) mass is 343 g/mol. The molecule has 4 aliphatic carbocycles. The van der Waals surface area contributed by atoms with E-state index >= 15 is 0 Å². The molecule has 134 valence electrons. The molecule has 25 heavy (non-hydrogen) atoms. The van der Waals surface area contributed by atoms with Crippen LogP contribution in [-0.4, -0.2) is 29.4 Å². The Morgan fingerprint density at radius 2 is 1.92 bits per heavy atom. The first-order valence-electron chi connectivity index (χ1n) is 9.02. The summed E-state index contributed by atoms with van der Waals surface area (Å²) < 4.78 is 5.06. The van der Waals surface area contributed by atoms with E-state index in [9.17, 15) is 9.59 Å². The minimum atomic E-state index is -0.369. The molecule has 5 rings (SSSR count). The van der Waals surface area contributed by atoms with E-state index in [2.05, 4.69) is 15.6 Å². The van der Waals surface area contributed by atoms with Crippen molar-refractivity contribution in [3.8, 4) is 5.88 Å². The number of carbonyl (C=O) groups excluding carboxylic acids is 2. The van der Waals surface area contributed by atoms with Crippen molar-refractivity contribution in [2.45, 2.75) is 51.0 Å². The quantitative estimate of drug-likeness (QED) is 0.880. The standard InChI is InChI=1S/C19H25N3O3/c1-12(23)22-19-8-13-5-14(9-19)7-18(6-13,11-19)17(24)21-15-3-4-16(25-2)20-10-15/h3-4,10,13-14H,5-9,11H2,1-2H3,(H,21,24)(H,22,23). The van der Waals surface area contributed by atoms with E-state index in [0.29, 0.717) is 23.4 Å². The van der Waals surface area contributed by atoms with Gasteiger partial charge in [0.15, 0.2) is 0 Å². The van der Waals surface area contributed by atoms with Gasteiger partial charge >= 0.3 is 0 Å². The summed E-state index contributed by atoms with van der Waals surface area (Å²) in [5, 5.41) is 6.25. The number of carbonyl (C=O) groups is 2. The minimum absolute atomic E-state index is 0.0110. The molecule has 0 saturated heterocycles. The van der Waals surface area contributed by atoms with Gasteiger partial charge in [-0.05, 0) is 56.4 Å². The van der Waals surface area contributed by atoms with Gasteiger partial charge in [0.2, 0.25) is 17.7 Å². The van der Waals surface area contributed by atoms with Crippen molar-refractivity contribution in [3.63, 3.8) is 0 Å². The molecular formula is C19H25N3O3. The van der Waals surface area contributed by atoms with Gasteiger partial charge in [-0.15, -0.1) is 0 Å². The molecule has 4 bridgehead atoms. The average molecular weight is 343 g/mol. The molecule has 4 aliphatic rings. The molecule has 1 aromatic heterocycles. The van der Waals surface area contributed by atoms with Gasteiger partial charge in [-0.2, -0.15) is 0 Å². The molecule has 4 saturated carbocycles. The summed E-state index contributed by atoms with van der Waals surface area (Å²) in [4.78, 5) is 29.0. The van der Waals surface area contributed by atoms with Crippen LogP contribution in [0.1, 0.15) is 45.4 Å². The third-order valence-corrected chi connectivity index (χ3v) is 6.19. The van der Waals surface area contributed by atoms with E-state index < -0.39 is 0 Å². The number of hydrogen-bond donors (Lipinski definition) is 2. The van der Waals surface area contributed by atoms with E-state index in [0.717, 1.165) is 32.1 Å². The highest BCUT2D eigenvalue weighted by atomic mass is 16.5. The van der Waals surface area contributed by atoms with Gasteiger partial charge in [0.05, 0.1) is 24.4 Å². The molecule has 0 aliphatic heterocycles. The molecule has 1 aromatic rings. The molecule has 2 atom stereocenters. The number of amides is 2. The summed E-state index contributed by atoms with van der Waals surface area (Å²) in [6.07, 6.45) is 7.47. The predicted molar refractivity (Wildman–Crippen MR) is 93.1 cm³/mol. The summed E-state index contributed by atoms with van der Waals surface area (Å²) in [5.74, 6) is 1.68. The number of ether oxygens (including phenoxy) is 1. The van der Waals surface area contributed by atoms with E-state index in [4.69, 9.17) is 4.74 Å². The van der Waals surface area contributed by atoms with Gasteiger partial charge in [-0.1, -0.05) is 0 Å². The third kappa shape index (κ3) is 2.87. The van der Waals surface area contributed by atoms with Crippen LogP contribution in [0.3, 0.4) is 0 Å². The van der Waals surface area contributed by atoms with Crippen molar-refractivity contribution in [2.24, 2.45) is 17.3 Å². The largest absolute Gasteiger partial charge is 0.481 e. The number of pyridine rings is 1. The Balaban J connectivity index is 1.55. The number of rotatable bonds is 4. The molecule has 4 fully saturated rings. The first-order chi connectivity index (χ1) is 11.9. The van der Waals surface area contributed by atoms with E-state index in [-0.39, 0.29) is 22.8 Å². The summed E-state index contributed by atoms with van der Waals surface area (Å²) in [6, 6.07) is 3.56. The number of anilines is 1. The first kappa shape index (κ1) is 16.4. The Hall–Kier alpha value is -2.11. The maximum Gasteiger partial charge on any atom is 0.230 e. The average Bonchev–Trinajstić information content (AvgIpc) is 2.53. The Bertz CT molecular complexity index is 686. The van der Waals surface area contributed by atoms with E-state index in [1.807, 2.05) is 6.07 Å². The molecule has 0 aromatic carbocycles. The van der Waals surface area contributed by atoms with Crippen LogP contribution in [0.25, 0.3) is 0 Å². The highest BCUT2D eigenvalue weighted by Crippen LogP contribution is 2.61. The van der Waals surface area contributed by atoms with E-state index in [1.165, 1.54) is 6.42 Å². The van der Waals surface area contributed by atoms with Gasteiger partial charge in [0.25, 0.3) is 0 Å². The van der Waals surface area contributed by atoms with Crippen LogP contribution >= 0.6 is 0 Å². The molecule has 0 radical (unpaired) electrons. The molecule has 6 heteroatoms. The summed E-state index contributed by atoms with van der Waals surface area (Å²) in [7, 11) is 1.57. The molecule has 1 heterocycles. The van der Waals surface area contributed by atoms with Crippen LogP contribution < -0.4 is 15.4 Å². The Morgan fingerprint density at radius 1 is 1.20 bits per heavy atom. The lowest BCUT2D eigenvalue weighted by atomic mass is 9.46. The summed E-state index contributed by atoms with van der Waals surface area (Å²) in [6.45, 7) is 1.58. The summed E-state index contributed by atoms with van der Waals surface area (Å²) in [5.41, 5.74) is 0.132. The zero-order valence-electron chi connectivity index (χ0n) is 14.8. The van der Waals surface area contributed by atoms with Crippen molar-refractivity contribution < 1.29 is 14.3 Å². The van der Waals surface area contributed by atoms with Crippen molar-refractivity contribution in [1.29, 1.82) is 0 Å². The minimum Gasteiger partial charge on any atom is -0.481 e. The highest BCUT2D eigenvalue weighted by molar-refractivity contribution is 5.95. The molecule has 6 nitrogen and oxygen atoms in total. The number of nitrogens with one attached hydrogen (secondary N) is 2. The molecule has 2 unspecified atom stereocenters. The predicted octanol–water partition coefficient (Wildman–Crippen LogP) is 2.50. The molecular weight excluding hydrogens is 318 g/mol. The number of aromatic nitrogens is 1. The number of methoxy groups -OCH3 is 1. The van der Waals surface area contributed by atoms with E-state index in [1.54, 1.807) is 26.3 Å². The van der Waals surface area contributed by atoms with Gasteiger partial charge < -0.3 is 15.4 Å². The maximum absolute atomic E-state index is 13.2. The topological polar surface area (TPSA) is 80.3 Å². The van der Waals surface area contributed by atoms with Crippen molar-refractivity contribution in [2.75, 3.05) is 12.4 Å². The van der Waals surface area contributed by atoms with Crippen molar-refractivity contribution in [1.82, 2.24) is 10.3 Å². The second kappa shape index (κ2) is 5.71. The highest BCUT2D eigenvalue weighted by Gasteiger charge is 2.60. The lowest BCUT2D eigenvalue weighted by molar-refractivity contribution is -0.148. The fraction of sp³-hybridized carbons (Fsp3) is 0.632. The van der Waals surface area contributed by atoms with Crippen LogP contribution in [0.5, 0.6) is 5.88 Å². The molecule has 0 spiro atoms. The zero-order chi connectivity index (χ0) is 17.7. The van der Waals surface area contributed by atoms with Crippen LogP contribution in [0.15, 0.2) is 18.3 Å². The first-order valence-corrected chi connectivity index (χ1v) is 9.02. The maximum atomic E-state index is 13.2. The Kier molecular flexibility index (Phi) is 3.74. The van der Waals surface area contributed by atoms with Gasteiger partial charge in [0, 0.05) is 18.5 Å². The van der Waals surface area contributed by atoms with Crippen LogP contribution in [0.4, 0.5) is 5.69 Å². The molecule has 2 N–H and O–H groups in total. The van der Waals surface area contributed by atoms with Crippen LogP contribution in [0.2, 0.25) is 0 Å². The molecule has 2 amide bonds. The number of nitrogens with zero attached hydrogens (tertiary/aromatic N) is 1. The second-order valence-electron chi connectivity index (χ2n) is 8.25. The SMILES string of the molecule is COc1ccc(NC(=O)C23CC4CC(CC(NC(C)=O)(C4)C2)C3)cn1. The lowest BCUT2D eigenvalue weighted by Gasteiger charge is -2.61. The Morgan fingerprint density at radius 3 is 2.48 bits per heavy atom. The lowest BCUT2D eigenvalue weighted by Crippen LogP contribution is -2.65. The summed E-state index contributed by atoms with van der Waals surface area (Å²) >= 11 is 0. The smallest absolute Gasteiger partial charge is 0.230 e. The van der Waals surface area contributed by atoms with Crippen LogP contribution in [0, 0.1) is 17.3 Å². The second-order valence-corrected chi connectivity index (χ2v) is 8.25. The van der Waals surface area contributed by atoms with Crippen molar-refractivity contribution >= 4 is 17.5 Å². The normalized spacial score (nSPS) is 35.3.